The first-order chi connectivity index (χ1) is 11.6. The Morgan fingerprint density at radius 2 is 1.75 bits per heavy atom. The molecule has 0 radical (unpaired) electrons. The van der Waals surface area contributed by atoms with E-state index in [-0.39, 0.29) is 24.4 Å². The summed E-state index contributed by atoms with van der Waals surface area (Å²) in [6, 6.07) is 15.2. The van der Waals surface area contributed by atoms with Gasteiger partial charge in [0.1, 0.15) is 6.61 Å². The van der Waals surface area contributed by atoms with Gasteiger partial charge < -0.3 is 9.94 Å². The fraction of sp³-hybridized carbons (Fsp3) is 0.176. The quantitative estimate of drug-likeness (QED) is 0.277. The number of carbonyl (C=O) groups is 1. The Kier molecular flexibility index (Phi) is 6.01. The SMILES string of the molecule is O=C(OCc1ccc([N+](=O)[O-])cc1)C(CCc1ccccc1)=NO. The van der Waals surface area contributed by atoms with Gasteiger partial charge >= 0.3 is 5.97 Å². The first-order valence-electron chi connectivity index (χ1n) is 7.25. The molecule has 124 valence electrons. The number of hydrogen-bond acceptors (Lipinski definition) is 6. The third-order valence-electron chi connectivity index (χ3n) is 3.37. The Bertz CT molecular complexity index is 726. The van der Waals surface area contributed by atoms with E-state index in [4.69, 9.17) is 9.94 Å². The van der Waals surface area contributed by atoms with Gasteiger partial charge in [-0.25, -0.2) is 4.79 Å². The monoisotopic (exact) mass is 328 g/mol. The maximum Gasteiger partial charge on any atom is 0.356 e. The van der Waals surface area contributed by atoms with Gasteiger partial charge in [0, 0.05) is 18.6 Å². The highest BCUT2D eigenvalue weighted by Crippen LogP contribution is 2.13. The first-order valence-corrected chi connectivity index (χ1v) is 7.25. The lowest BCUT2D eigenvalue weighted by molar-refractivity contribution is -0.384. The molecule has 0 aromatic heterocycles. The van der Waals surface area contributed by atoms with Crippen molar-refractivity contribution in [3.05, 3.63) is 75.8 Å². The van der Waals surface area contributed by atoms with E-state index in [1.54, 1.807) is 0 Å². The minimum Gasteiger partial charge on any atom is -0.456 e. The minimum absolute atomic E-state index is 0.0365. The smallest absolute Gasteiger partial charge is 0.356 e. The van der Waals surface area contributed by atoms with Crippen molar-refractivity contribution in [3.63, 3.8) is 0 Å². The standard InChI is InChI=1S/C17H16N2O5/c20-17(16(18-21)11-8-13-4-2-1-3-5-13)24-12-14-6-9-15(10-7-14)19(22)23/h1-7,9-10,21H,8,11-12H2. The number of nitro groups is 1. The van der Waals surface area contributed by atoms with Gasteiger partial charge in [-0.15, -0.1) is 0 Å². The summed E-state index contributed by atoms with van der Waals surface area (Å²) < 4.78 is 5.07. The van der Waals surface area contributed by atoms with Crippen molar-refractivity contribution >= 4 is 17.4 Å². The molecule has 7 heteroatoms. The van der Waals surface area contributed by atoms with Crippen molar-refractivity contribution < 1.29 is 19.7 Å². The average Bonchev–Trinajstić information content (AvgIpc) is 2.61. The summed E-state index contributed by atoms with van der Waals surface area (Å²) in [5.41, 5.74) is 1.52. The number of nitro benzene ring substituents is 1. The lowest BCUT2D eigenvalue weighted by atomic mass is 10.1. The topological polar surface area (TPSA) is 102 Å². The second-order valence-electron chi connectivity index (χ2n) is 5.03. The molecule has 0 bridgehead atoms. The highest BCUT2D eigenvalue weighted by atomic mass is 16.6. The molecule has 0 aliphatic rings. The van der Waals surface area contributed by atoms with Crippen LogP contribution in [-0.2, 0) is 22.6 Å². The molecule has 0 spiro atoms. The third kappa shape index (κ3) is 4.91. The van der Waals surface area contributed by atoms with Gasteiger partial charge in [-0.05, 0) is 29.7 Å². The Morgan fingerprint density at radius 1 is 1.08 bits per heavy atom. The summed E-state index contributed by atoms with van der Waals surface area (Å²) in [6.45, 7) is -0.0544. The molecule has 1 N–H and O–H groups in total. The molecule has 0 atom stereocenters. The fourth-order valence-electron chi connectivity index (χ4n) is 2.05. The molecule has 7 nitrogen and oxygen atoms in total. The maximum atomic E-state index is 11.9. The summed E-state index contributed by atoms with van der Waals surface area (Å²) in [6.07, 6.45) is 0.798. The second kappa shape index (κ2) is 8.42. The molecule has 2 aromatic rings. The molecular formula is C17H16N2O5. The van der Waals surface area contributed by atoms with Crippen molar-refractivity contribution in [2.45, 2.75) is 19.4 Å². The van der Waals surface area contributed by atoms with Crippen LogP contribution in [0.1, 0.15) is 17.5 Å². The van der Waals surface area contributed by atoms with Gasteiger partial charge in [-0.3, -0.25) is 10.1 Å². The molecule has 2 rings (SSSR count). The first kappa shape index (κ1) is 17.1. The zero-order chi connectivity index (χ0) is 17.4. The van der Waals surface area contributed by atoms with Crippen molar-refractivity contribution in [2.75, 3.05) is 0 Å². The van der Waals surface area contributed by atoms with E-state index in [0.29, 0.717) is 12.0 Å². The van der Waals surface area contributed by atoms with Crippen LogP contribution < -0.4 is 0 Å². The van der Waals surface area contributed by atoms with Crippen LogP contribution in [0.4, 0.5) is 5.69 Å². The molecule has 0 fully saturated rings. The zero-order valence-electron chi connectivity index (χ0n) is 12.8. The normalized spacial score (nSPS) is 11.1. The van der Waals surface area contributed by atoms with E-state index in [1.807, 2.05) is 30.3 Å². The summed E-state index contributed by atoms with van der Waals surface area (Å²) in [5, 5.41) is 22.6. The Morgan fingerprint density at radius 3 is 2.33 bits per heavy atom. The number of carbonyl (C=O) groups excluding carboxylic acids is 1. The molecule has 0 saturated carbocycles. The van der Waals surface area contributed by atoms with Crippen LogP contribution in [0.5, 0.6) is 0 Å². The lowest BCUT2D eigenvalue weighted by Crippen LogP contribution is -2.18. The van der Waals surface area contributed by atoms with E-state index in [0.717, 1.165) is 5.56 Å². The van der Waals surface area contributed by atoms with Gasteiger partial charge in [0.05, 0.1) is 4.92 Å². The lowest BCUT2D eigenvalue weighted by Gasteiger charge is -2.06. The van der Waals surface area contributed by atoms with Crippen molar-refractivity contribution in [1.29, 1.82) is 0 Å². The minimum atomic E-state index is -0.716. The Labute approximate surface area is 138 Å². The van der Waals surface area contributed by atoms with E-state index < -0.39 is 10.9 Å². The molecule has 0 amide bonds. The fourth-order valence-corrected chi connectivity index (χ4v) is 2.05. The summed E-state index contributed by atoms with van der Waals surface area (Å²) in [7, 11) is 0. The third-order valence-corrected chi connectivity index (χ3v) is 3.37. The number of ether oxygens (including phenoxy) is 1. The van der Waals surface area contributed by atoms with Crippen molar-refractivity contribution in [2.24, 2.45) is 5.16 Å². The summed E-state index contributed by atoms with van der Waals surface area (Å²) in [5.74, 6) is -0.716. The highest BCUT2D eigenvalue weighted by molar-refractivity contribution is 6.36. The van der Waals surface area contributed by atoms with Crippen LogP contribution in [0, 0.1) is 10.1 Å². The van der Waals surface area contributed by atoms with Crippen LogP contribution in [0.3, 0.4) is 0 Å². The average molecular weight is 328 g/mol. The van der Waals surface area contributed by atoms with Crippen LogP contribution in [-0.4, -0.2) is 21.8 Å². The summed E-state index contributed by atoms with van der Waals surface area (Å²) in [4.78, 5) is 22.0. The van der Waals surface area contributed by atoms with Gasteiger partial charge in [0.2, 0.25) is 0 Å². The zero-order valence-corrected chi connectivity index (χ0v) is 12.8. The summed E-state index contributed by atoms with van der Waals surface area (Å²) >= 11 is 0. The van der Waals surface area contributed by atoms with E-state index in [1.165, 1.54) is 24.3 Å². The van der Waals surface area contributed by atoms with Crippen molar-refractivity contribution in [3.8, 4) is 0 Å². The number of oxime groups is 1. The van der Waals surface area contributed by atoms with Crippen LogP contribution >= 0.6 is 0 Å². The maximum absolute atomic E-state index is 11.9. The molecule has 0 aliphatic heterocycles. The largest absolute Gasteiger partial charge is 0.456 e. The number of esters is 1. The number of rotatable bonds is 7. The number of aryl methyl sites for hydroxylation is 1. The van der Waals surface area contributed by atoms with E-state index in [9.17, 15) is 14.9 Å². The predicted molar refractivity (Wildman–Crippen MR) is 86.9 cm³/mol. The van der Waals surface area contributed by atoms with E-state index >= 15 is 0 Å². The number of nitrogens with zero attached hydrogens (tertiary/aromatic N) is 2. The molecule has 0 heterocycles. The molecule has 0 aliphatic carbocycles. The molecule has 0 saturated heterocycles. The van der Waals surface area contributed by atoms with E-state index in [2.05, 4.69) is 5.16 Å². The molecular weight excluding hydrogens is 312 g/mol. The Hall–Kier alpha value is -3.22. The van der Waals surface area contributed by atoms with Crippen LogP contribution in [0.2, 0.25) is 0 Å². The highest BCUT2D eigenvalue weighted by Gasteiger charge is 2.14. The molecule has 2 aromatic carbocycles. The molecule has 0 unspecified atom stereocenters. The van der Waals surface area contributed by atoms with Crippen LogP contribution in [0.15, 0.2) is 59.8 Å². The predicted octanol–water partition coefficient (Wildman–Crippen LogP) is 3.10. The van der Waals surface area contributed by atoms with Gasteiger partial charge in [-0.2, -0.15) is 0 Å². The van der Waals surface area contributed by atoms with Gasteiger partial charge in [-0.1, -0.05) is 35.5 Å². The van der Waals surface area contributed by atoms with Gasteiger partial charge in [0.15, 0.2) is 5.71 Å². The van der Waals surface area contributed by atoms with Crippen LogP contribution in [0.25, 0.3) is 0 Å². The second-order valence-corrected chi connectivity index (χ2v) is 5.03. The number of benzene rings is 2. The number of non-ortho nitro benzene ring substituents is 1. The number of hydrogen-bond donors (Lipinski definition) is 1. The van der Waals surface area contributed by atoms with Gasteiger partial charge in [0.25, 0.3) is 5.69 Å². The molecule has 24 heavy (non-hydrogen) atoms. The van der Waals surface area contributed by atoms with Crippen molar-refractivity contribution in [1.82, 2.24) is 0 Å². The Balaban J connectivity index is 1.86.